The zero-order valence-corrected chi connectivity index (χ0v) is 16.0. The third-order valence-electron chi connectivity index (χ3n) is 4.34. The molecule has 0 bridgehead atoms. The summed E-state index contributed by atoms with van der Waals surface area (Å²) in [6, 6.07) is 17.2. The van der Waals surface area contributed by atoms with Gasteiger partial charge in [0.05, 0.1) is 32.6 Å². The van der Waals surface area contributed by atoms with E-state index in [1.54, 1.807) is 6.26 Å². The molecule has 0 saturated carbocycles. The van der Waals surface area contributed by atoms with Crippen LogP contribution in [0.4, 0.5) is 0 Å². The van der Waals surface area contributed by atoms with Crippen molar-refractivity contribution in [2.75, 3.05) is 26.3 Å². The van der Waals surface area contributed by atoms with Crippen LogP contribution in [0.15, 0.2) is 75.3 Å². The van der Waals surface area contributed by atoms with Gasteiger partial charge in [-0.15, -0.1) is 0 Å². The monoisotopic (exact) mass is 392 g/mol. The predicted molar refractivity (Wildman–Crippen MR) is 115 cm³/mol. The first-order valence-electron chi connectivity index (χ1n) is 9.24. The lowest BCUT2D eigenvalue weighted by Gasteiger charge is -2.03. The van der Waals surface area contributed by atoms with E-state index >= 15 is 0 Å². The lowest BCUT2D eigenvalue weighted by Crippen LogP contribution is -2.14. The lowest BCUT2D eigenvalue weighted by atomic mass is 10.0. The highest BCUT2D eigenvalue weighted by atomic mass is 16.3. The molecule has 7 heteroatoms. The Morgan fingerprint density at radius 2 is 1.21 bits per heavy atom. The predicted octanol–water partition coefficient (Wildman–Crippen LogP) is 2.01. The molecule has 150 valence electrons. The molecule has 3 rings (SSSR count). The average Bonchev–Trinajstić information content (AvgIpc) is 3.26. The number of furan rings is 1. The highest BCUT2D eigenvalue weighted by Crippen LogP contribution is 2.28. The molecule has 3 aromatic rings. The molecule has 0 radical (unpaired) electrons. The molecular weight excluding hydrogens is 368 g/mol. The van der Waals surface area contributed by atoms with E-state index in [4.69, 9.17) is 26.1 Å². The summed E-state index contributed by atoms with van der Waals surface area (Å²) in [4.78, 5) is 8.18. The topological polar surface area (TPSA) is 130 Å². The Hall–Kier alpha value is -3.42. The van der Waals surface area contributed by atoms with Crippen LogP contribution in [0.1, 0.15) is 11.1 Å². The third kappa shape index (κ3) is 5.10. The molecule has 0 spiro atoms. The molecule has 0 aliphatic carbocycles. The van der Waals surface area contributed by atoms with Gasteiger partial charge in [-0.1, -0.05) is 48.5 Å². The summed E-state index contributed by atoms with van der Waals surface area (Å²) >= 11 is 0. The number of hydrogen-bond acceptors (Lipinski definition) is 5. The largest absolute Gasteiger partial charge is 0.464 e. The van der Waals surface area contributed by atoms with Crippen LogP contribution < -0.4 is 11.5 Å². The number of rotatable bonds is 8. The summed E-state index contributed by atoms with van der Waals surface area (Å²) in [6.07, 6.45) is 1.71. The Kier molecular flexibility index (Phi) is 6.78. The molecule has 1 heterocycles. The van der Waals surface area contributed by atoms with E-state index in [0.29, 0.717) is 11.7 Å². The molecule has 0 unspecified atom stereocenters. The highest BCUT2D eigenvalue weighted by Gasteiger charge is 2.08. The van der Waals surface area contributed by atoms with Crippen molar-refractivity contribution < 1.29 is 14.6 Å². The minimum atomic E-state index is -0.0308. The standard InChI is InChI=1S/C22H24N4O3/c23-21(25-9-11-27)17-5-1-15(2-6-17)19-13-20(29-14-19)16-3-7-18(8-4-16)22(24)26-10-12-28/h1-8,13-14,27-28H,9-12H2,(H2,23,25)(H2,24,26). The number of nitrogens with zero attached hydrogens (tertiary/aromatic N) is 2. The molecule has 29 heavy (non-hydrogen) atoms. The molecule has 0 amide bonds. The van der Waals surface area contributed by atoms with Gasteiger partial charge in [0.15, 0.2) is 0 Å². The van der Waals surface area contributed by atoms with Crippen molar-refractivity contribution in [3.05, 3.63) is 72.0 Å². The van der Waals surface area contributed by atoms with Crippen molar-refractivity contribution in [1.82, 2.24) is 0 Å². The van der Waals surface area contributed by atoms with E-state index in [-0.39, 0.29) is 26.3 Å². The van der Waals surface area contributed by atoms with Crippen LogP contribution in [-0.4, -0.2) is 48.2 Å². The fraction of sp³-hybridized carbons (Fsp3) is 0.182. The van der Waals surface area contributed by atoms with Crippen LogP contribution in [0.3, 0.4) is 0 Å². The first-order chi connectivity index (χ1) is 14.1. The van der Waals surface area contributed by atoms with Gasteiger partial charge in [0, 0.05) is 22.3 Å². The molecule has 0 atom stereocenters. The Labute approximate surface area is 169 Å². The Morgan fingerprint density at radius 3 is 1.69 bits per heavy atom. The van der Waals surface area contributed by atoms with Crippen molar-refractivity contribution in [2.45, 2.75) is 0 Å². The van der Waals surface area contributed by atoms with Crippen LogP contribution in [0.25, 0.3) is 22.5 Å². The van der Waals surface area contributed by atoms with Gasteiger partial charge in [0.2, 0.25) is 0 Å². The summed E-state index contributed by atoms with van der Waals surface area (Å²) in [5, 5.41) is 17.7. The number of nitrogens with two attached hydrogens (primary N) is 2. The van der Waals surface area contributed by atoms with Crippen molar-refractivity contribution >= 4 is 11.7 Å². The van der Waals surface area contributed by atoms with Gasteiger partial charge in [-0.05, 0) is 11.6 Å². The molecule has 1 aromatic heterocycles. The zero-order chi connectivity index (χ0) is 20.6. The second kappa shape index (κ2) is 9.68. The molecule has 0 aliphatic heterocycles. The Balaban J connectivity index is 1.75. The van der Waals surface area contributed by atoms with Gasteiger partial charge in [0.1, 0.15) is 17.4 Å². The number of aliphatic hydroxyl groups is 2. The Bertz CT molecular complexity index is 910. The summed E-state index contributed by atoms with van der Waals surface area (Å²) in [5.41, 5.74) is 16.3. The van der Waals surface area contributed by atoms with Crippen LogP contribution in [0, 0.1) is 0 Å². The minimum absolute atomic E-state index is 0.0282. The maximum atomic E-state index is 8.83. The second-order valence-electron chi connectivity index (χ2n) is 6.34. The normalized spacial score (nSPS) is 12.3. The molecule has 0 aliphatic rings. The van der Waals surface area contributed by atoms with E-state index in [1.165, 1.54) is 0 Å². The average molecular weight is 392 g/mol. The van der Waals surface area contributed by atoms with Crippen LogP contribution in [-0.2, 0) is 0 Å². The van der Waals surface area contributed by atoms with Crippen molar-refractivity contribution in [1.29, 1.82) is 0 Å². The molecule has 7 nitrogen and oxygen atoms in total. The van der Waals surface area contributed by atoms with E-state index in [9.17, 15) is 0 Å². The number of hydrogen-bond donors (Lipinski definition) is 4. The smallest absolute Gasteiger partial charge is 0.134 e. The van der Waals surface area contributed by atoms with E-state index in [2.05, 4.69) is 9.98 Å². The van der Waals surface area contributed by atoms with Gasteiger partial charge in [-0.2, -0.15) is 0 Å². The van der Waals surface area contributed by atoms with Gasteiger partial charge >= 0.3 is 0 Å². The number of aliphatic imine (C=N–C) groups is 2. The van der Waals surface area contributed by atoms with Crippen molar-refractivity contribution in [2.24, 2.45) is 21.5 Å². The van der Waals surface area contributed by atoms with E-state index < -0.39 is 0 Å². The highest BCUT2D eigenvalue weighted by molar-refractivity contribution is 5.98. The van der Waals surface area contributed by atoms with E-state index in [1.807, 2.05) is 54.6 Å². The first kappa shape index (κ1) is 20.3. The molecular formula is C22H24N4O3. The van der Waals surface area contributed by atoms with Gasteiger partial charge < -0.3 is 26.1 Å². The number of aliphatic hydroxyl groups excluding tert-OH is 2. The van der Waals surface area contributed by atoms with Crippen LogP contribution in [0.2, 0.25) is 0 Å². The van der Waals surface area contributed by atoms with Gasteiger partial charge in [0.25, 0.3) is 0 Å². The lowest BCUT2D eigenvalue weighted by molar-refractivity contribution is 0.306. The fourth-order valence-corrected chi connectivity index (χ4v) is 2.80. The maximum absolute atomic E-state index is 8.83. The summed E-state index contributed by atoms with van der Waals surface area (Å²) < 4.78 is 5.73. The zero-order valence-electron chi connectivity index (χ0n) is 16.0. The fourth-order valence-electron chi connectivity index (χ4n) is 2.80. The maximum Gasteiger partial charge on any atom is 0.134 e. The summed E-state index contributed by atoms with van der Waals surface area (Å²) in [6.45, 7) is 0.514. The molecule has 0 fully saturated rings. The van der Waals surface area contributed by atoms with Crippen molar-refractivity contribution in [3.8, 4) is 22.5 Å². The van der Waals surface area contributed by atoms with Crippen LogP contribution in [0.5, 0.6) is 0 Å². The molecule has 0 saturated heterocycles. The third-order valence-corrected chi connectivity index (χ3v) is 4.34. The molecule has 2 aromatic carbocycles. The Morgan fingerprint density at radius 1 is 0.724 bits per heavy atom. The first-order valence-corrected chi connectivity index (χ1v) is 9.24. The SMILES string of the molecule is NC(=NCCO)c1ccc(-c2coc(-c3ccc(C(N)=NCCO)cc3)c2)cc1. The van der Waals surface area contributed by atoms with Gasteiger partial charge in [-0.3, -0.25) is 9.98 Å². The minimum Gasteiger partial charge on any atom is -0.464 e. The van der Waals surface area contributed by atoms with Crippen molar-refractivity contribution in [3.63, 3.8) is 0 Å². The van der Waals surface area contributed by atoms with Crippen LogP contribution >= 0.6 is 0 Å². The summed E-state index contributed by atoms with van der Waals surface area (Å²) in [5.74, 6) is 1.54. The number of amidine groups is 2. The molecule has 6 N–H and O–H groups in total. The quantitative estimate of drug-likeness (QED) is 0.344. The second-order valence-corrected chi connectivity index (χ2v) is 6.34. The number of benzene rings is 2. The summed E-state index contributed by atoms with van der Waals surface area (Å²) in [7, 11) is 0. The van der Waals surface area contributed by atoms with Gasteiger partial charge in [-0.25, -0.2) is 0 Å². The van der Waals surface area contributed by atoms with E-state index in [0.717, 1.165) is 33.6 Å².